The zero-order valence-corrected chi connectivity index (χ0v) is 23.3. The number of hydrogen-bond acceptors (Lipinski definition) is 3. The van der Waals surface area contributed by atoms with E-state index < -0.39 is 22.1 Å². The molecule has 0 aliphatic heterocycles. The molecule has 2 atom stereocenters. The number of nitrogens with one attached hydrogen (secondary N) is 2. The Morgan fingerprint density at radius 1 is 0.917 bits per heavy atom. The van der Waals surface area contributed by atoms with Crippen LogP contribution in [0.3, 0.4) is 0 Å². The molecule has 36 heavy (non-hydrogen) atoms. The average Bonchev–Trinajstić information content (AvgIpc) is 3.40. The second-order valence-corrected chi connectivity index (χ2v) is 11.4. The van der Waals surface area contributed by atoms with E-state index in [9.17, 15) is 9.59 Å². The standard InChI is InChI=1S/C26H22Cl5N3O2/c1-13-8-17(32-2)5-7-21(13)34(3)25(36)19-12-18(4-6-20(19)29)33-24(35)23-22(26(23,30)31)14-9-15(27)11-16(28)10-14/h4-12,22-23,32H,1-3H3,(H,33,35). The lowest BCUT2D eigenvalue weighted by molar-refractivity contribution is -0.117. The van der Waals surface area contributed by atoms with E-state index in [1.165, 1.54) is 11.0 Å². The van der Waals surface area contributed by atoms with E-state index >= 15 is 0 Å². The second-order valence-electron chi connectivity index (χ2n) is 8.63. The zero-order valence-electron chi connectivity index (χ0n) is 19.5. The van der Waals surface area contributed by atoms with Crippen molar-refractivity contribution in [1.82, 2.24) is 0 Å². The van der Waals surface area contributed by atoms with Gasteiger partial charge in [-0.15, -0.1) is 23.2 Å². The SMILES string of the molecule is CNc1ccc(N(C)C(=O)c2cc(NC(=O)C3C(c4cc(Cl)cc(Cl)c4)C3(Cl)Cl)ccc2Cl)c(C)c1. The highest BCUT2D eigenvalue weighted by Gasteiger charge is 2.67. The van der Waals surface area contributed by atoms with Crippen molar-refractivity contribution in [3.8, 4) is 0 Å². The van der Waals surface area contributed by atoms with Crippen LogP contribution in [-0.4, -0.2) is 30.2 Å². The first kappa shape index (κ1) is 26.9. The smallest absolute Gasteiger partial charge is 0.259 e. The van der Waals surface area contributed by atoms with Gasteiger partial charge in [-0.2, -0.15) is 0 Å². The molecule has 4 rings (SSSR count). The Hall–Kier alpha value is -2.15. The van der Waals surface area contributed by atoms with Crippen LogP contribution in [0.1, 0.15) is 27.4 Å². The molecule has 0 bridgehead atoms. The summed E-state index contributed by atoms with van der Waals surface area (Å²) in [6, 6.07) is 15.4. The Morgan fingerprint density at radius 3 is 2.17 bits per heavy atom. The Morgan fingerprint density at radius 2 is 1.56 bits per heavy atom. The van der Waals surface area contributed by atoms with Gasteiger partial charge in [-0.25, -0.2) is 0 Å². The van der Waals surface area contributed by atoms with Crippen LogP contribution in [0, 0.1) is 12.8 Å². The summed E-state index contributed by atoms with van der Waals surface area (Å²) in [7, 11) is 3.50. The first-order valence-corrected chi connectivity index (χ1v) is 12.8. The number of aryl methyl sites for hydroxylation is 1. The van der Waals surface area contributed by atoms with E-state index in [0.717, 1.165) is 16.9 Å². The van der Waals surface area contributed by atoms with Gasteiger partial charge in [0, 0.05) is 47.1 Å². The van der Waals surface area contributed by atoms with E-state index in [1.54, 1.807) is 37.4 Å². The van der Waals surface area contributed by atoms with Gasteiger partial charge in [0.2, 0.25) is 5.91 Å². The second kappa shape index (κ2) is 10.3. The molecule has 0 aromatic heterocycles. The van der Waals surface area contributed by atoms with Gasteiger partial charge >= 0.3 is 0 Å². The molecule has 3 aromatic rings. The lowest BCUT2D eigenvalue weighted by Crippen LogP contribution is -2.27. The maximum Gasteiger partial charge on any atom is 0.259 e. The minimum Gasteiger partial charge on any atom is -0.388 e. The lowest BCUT2D eigenvalue weighted by Gasteiger charge is -2.21. The molecular weight excluding hydrogens is 564 g/mol. The zero-order chi connectivity index (χ0) is 26.4. The first-order valence-electron chi connectivity index (χ1n) is 10.9. The monoisotopic (exact) mass is 583 g/mol. The summed E-state index contributed by atoms with van der Waals surface area (Å²) in [5.74, 6) is -1.94. The summed E-state index contributed by atoms with van der Waals surface area (Å²) in [5.41, 5.74) is 3.89. The van der Waals surface area contributed by atoms with Crippen molar-refractivity contribution in [1.29, 1.82) is 0 Å². The predicted octanol–water partition coefficient (Wildman–Crippen LogP) is 7.80. The summed E-state index contributed by atoms with van der Waals surface area (Å²) < 4.78 is -1.32. The number of benzene rings is 3. The number of halogens is 5. The van der Waals surface area contributed by atoms with Crippen molar-refractivity contribution in [2.24, 2.45) is 5.92 Å². The molecule has 3 aromatic carbocycles. The van der Waals surface area contributed by atoms with E-state index in [0.29, 0.717) is 21.3 Å². The molecule has 0 heterocycles. The molecule has 5 nitrogen and oxygen atoms in total. The van der Waals surface area contributed by atoms with Gasteiger partial charge in [0.15, 0.2) is 0 Å². The predicted molar refractivity (Wildman–Crippen MR) is 151 cm³/mol. The Kier molecular flexibility index (Phi) is 7.70. The Bertz CT molecular complexity index is 1340. The third-order valence-corrected chi connectivity index (χ3v) is 7.90. The molecule has 0 spiro atoms. The number of nitrogens with zero attached hydrogens (tertiary/aromatic N) is 1. The molecule has 10 heteroatoms. The third kappa shape index (κ3) is 5.27. The van der Waals surface area contributed by atoms with Gasteiger partial charge < -0.3 is 15.5 Å². The fourth-order valence-corrected chi connectivity index (χ4v) is 5.86. The summed E-state index contributed by atoms with van der Waals surface area (Å²) in [6.07, 6.45) is 0. The van der Waals surface area contributed by atoms with E-state index in [-0.39, 0.29) is 16.5 Å². The number of anilines is 3. The molecule has 1 aliphatic carbocycles. The van der Waals surface area contributed by atoms with Gasteiger partial charge in [0.1, 0.15) is 4.33 Å². The van der Waals surface area contributed by atoms with Crippen molar-refractivity contribution >= 4 is 86.9 Å². The molecular formula is C26H22Cl5N3O2. The number of alkyl halides is 2. The maximum absolute atomic E-state index is 13.3. The minimum absolute atomic E-state index is 0.242. The molecule has 2 amide bonds. The summed E-state index contributed by atoms with van der Waals surface area (Å²) >= 11 is 31.5. The first-order chi connectivity index (χ1) is 16.9. The van der Waals surface area contributed by atoms with Gasteiger partial charge in [-0.3, -0.25) is 9.59 Å². The van der Waals surface area contributed by atoms with Crippen LogP contribution in [0.15, 0.2) is 54.6 Å². The van der Waals surface area contributed by atoms with E-state index in [4.69, 9.17) is 58.0 Å². The van der Waals surface area contributed by atoms with Crippen molar-refractivity contribution in [2.75, 3.05) is 29.6 Å². The summed E-state index contributed by atoms with van der Waals surface area (Å²) in [4.78, 5) is 27.9. The highest BCUT2D eigenvalue weighted by Crippen LogP contribution is 2.65. The normalized spacial score (nSPS) is 17.9. The van der Waals surface area contributed by atoms with Gasteiger partial charge in [-0.1, -0.05) is 34.8 Å². The van der Waals surface area contributed by atoms with Gasteiger partial charge in [0.25, 0.3) is 5.91 Å². The van der Waals surface area contributed by atoms with Gasteiger partial charge in [0.05, 0.1) is 16.5 Å². The number of carbonyl (C=O) groups is 2. The van der Waals surface area contributed by atoms with Crippen LogP contribution in [0.25, 0.3) is 0 Å². The van der Waals surface area contributed by atoms with Crippen LogP contribution < -0.4 is 15.5 Å². The Balaban J connectivity index is 1.54. The highest BCUT2D eigenvalue weighted by molar-refractivity contribution is 6.53. The van der Waals surface area contributed by atoms with Crippen LogP contribution in [0.2, 0.25) is 15.1 Å². The number of amides is 2. The fourth-order valence-electron chi connectivity index (χ4n) is 4.29. The molecule has 188 valence electrons. The van der Waals surface area contributed by atoms with Crippen LogP contribution in [0.5, 0.6) is 0 Å². The molecule has 1 fully saturated rings. The van der Waals surface area contributed by atoms with Crippen molar-refractivity contribution in [3.63, 3.8) is 0 Å². The number of rotatable bonds is 6. The van der Waals surface area contributed by atoms with Crippen molar-refractivity contribution in [2.45, 2.75) is 17.2 Å². The molecule has 0 saturated heterocycles. The van der Waals surface area contributed by atoms with Gasteiger partial charge in [-0.05, 0) is 72.6 Å². The third-order valence-electron chi connectivity index (χ3n) is 6.20. The molecule has 2 N–H and O–H groups in total. The fraction of sp³-hybridized carbons (Fsp3) is 0.231. The van der Waals surface area contributed by atoms with Crippen molar-refractivity contribution in [3.05, 3.63) is 86.4 Å². The largest absolute Gasteiger partial charge is 0.388 e. The molecule has 0 radical (unpaired) electrons. The van der Waals surface area contributed by atoms with E-state index in [2.05, 4.69) is 10.6 Å². The van der Waals surface area contributed by atoms with Crippen LogP contribution in [-0.2, 0) is 4.79 Å². The minimum atomic E-state index is -1.32. The van der Waals surface area contributed by atoms with E-state index in [1.807, 2.05) is 32.2 Å². The number of hydrogen-bond donors (Lipinski definition) is 2. The molecule has 1 aliphatic rings. The van der Waals surface area contributed by atoms with Crippen LogP contribution >= 0.6 is 58.0 Å². The topological polar surface area (TPSA) is 61.4 Å². The average molecular weight is 586 g/mol. The molecule has 1 saturated carbocycles. The highest BCUT2D eigenvalue weighted by atomic mass is 35.5. The maximum atomic E-state index is 13.3. The molecule has 2 unspecified atom stereocenters. The quantitative estimate of drug-likeness (QED) is 0.290. The summed E-state index contributed by atoms with van der Waals surface area (Å²) in [6.45, 7) is 1.92. The van der Waals surface area contributed by atoms with Crippen LogP contribution in [0.4, 0.5) is 17.1 Å². The summed E-state index contributed by atoms with van der Waals surface area (Å²) in [5, 5.41) is 6.99. The number of carbonyl (C=O) groups excluding carboxylic acids is 2. The Labute approximate surface area is 234 Å². The van der Waals surface area contributed by atoms with Crippen molar-refractivity contribution < 1.29 is 9.59 Å². The lowest BCUT2D eigenvalue weighted by atomic mass is 10.1.